The average Bonchev–Trinajstić information content (AvgIpc) is 2.33. The zero-order chi connectivity index (χ0) is 8.55. The van der Waals surface area contributed by atoms with Gasteiger partial charge in [0.1, 0.15) is 0 Å². The fraction of sp³-hybridized carbons (Fsp3) is 1.00. The molecule has 1 N–H and O–H groups in total. The first kappa shape index (κ1) is 8.52. The highest BCUT2D eigenvalue weighted by atomic mass is 16.3. The summed E-state index contributed by atoms with van der Waals surface area (Å²) in [6, 6.07) is 0. The Morgan fingerprint density at radius 3 is 2.33 bits per heavy atom. The second kappa shape index (κ2) is 3.35. The van der Waals surface area contributed by atoms with E-state index in [0.717, 1.165) is 13.1 Å². The molecular weight excluding hydrogens is 150 g/mol. The molecule has 1 saturated heterocycles. The Morgan fingerprint density at radius 1 is 1.25 bits per heavy atom. The van der Waals surface area contributed by atoms with Gasteiger partial charge in [0.05, 0.1) is 6.10 Å². The summed E-state index contributed by atoms with van der Waals surface area (Å²) in [6.45, 7) is 5.74. The normalized spacial score (nSPS) is 42.0. The molecule has 0 amide bonds. The molecule has 0 unspecified atom stereocenters. The van der Waals surface area contributed by atoms with Crippen molar-refractivity contribution in [3.05, 3.63) is 0 Å². The van der Waals surface area contributed by atoms with Crippen LogP contribution in [0.5, 0.6) is 0 Å². The maximum atomic E-state index is 9.77. The van der Waals surface area contributed by atoms with Crippen LogP contribution in [0.4, 0.5) is 0 Å². The zero-order valence-electron chi connectivity index (χ0n) is 7.87. The summed E-state index contributed by atoms with van der Waals surface area (Å²) in [4.78, 5) is 2.52. The van der Waals surface area contributed by atoms with E-state index >= 15 is 0 Å². The summed E-state index contributed by atoms with van der Waals surface area (Å²) in [7, 11) is 0. The van der Waals surface area contributed by atoms with Crippen molar-refractivity contribution in [1.82, 2.24) is 4.90 Å². The van der Waals surface area contributed by atoms with Crippen molar-refractivity contribution < 1.29 is 5.11 Å². The molecule has 70 valence electrons. The summed E-state index contributed by atoms with van der Waals surface area (Å²) < 4.78 is 0. The molecule has 0 aromatic heterocycles. The van der Waals surface area contributed by atoms with Gasteiger partial charge >= 0.3 is 0 Å². The maximum absolute atomic E-state index is 9.77. The van der Waals surface area contributed by atoms with Gasteiger partial charge in [-0.05, 0) is 37.6 Å². The van der Waals surface area contributed by atoms with Crippen molar-refractivity contribution in [2.75, 3.05) is 19.6 Å². The van der Waals surface area contributed by atoms with Gasteiger partial charge in [0, 0.05) is 13.1 Å². The van der Waals surface area contributed by atoms with E-state index in [0.29, 0.717) is 11.8 Å². The molecule has 2 heteroatoms. The lowest BCUT2D eigenvalue weighted by atomic mass is 9.95. The van der Waals surface area contributed by atoms with Crippen LogP contribution >= 0.6 is 0 Å². The molecule has 2 rings (SSSR count). The van der Waals surface area contributed by atoms with Gasteiger partial charge in [-0.15, -0.1) is 0 Å². The molecule has 0 aromatic carbocycles. The number of piperidine rings is 1. The van der Waals surface area contributed by atoms with Crippen molar-refractivity contribution in [3.8, 4) is 0 Å². The predicted molar refractivity (Wildman–Crippen MR) is 49.0 cm³/mol. The molecule has 2 bridgehead atoms. The van der Waals surface area contributed by atoms with Crippen molar-refractivity contribution >= 4 is 0 Å². The van der Waals surface area contributed by atoms with Crippen LogP contribution in [-0.2, 0) is 0 Å². The molecular formula is C10H19NO. The summed E-state index contributed by atoms with van der Waals surface area (Å²) in [6.07, 6.45) is 3.78. The van der Waals surface area contributed by atoms with E-state index in [9.17, 15) is 5.11 Å². The van der Waals surface area contributed by atoms with Crippen LogP contribution in [-0.4, -0.2) is 35.7 Å². The first-order valence-corrected chi connectivity index (χ1v) is 5.21. The number of rotatable bonds is 2. The van der Waals surface area contributed by atoms with Gasteiger partial charge in [0.15, 0.2) is 0 Å². The Labute approximate surface area is 74.6 Å². The monoisotopic (exact) mass is 169 g/mol. The van der Waals surface area contributed by atoms with Gasteiger partial charge in [-0.25, -0.2) is 0 Å². The molecule has 12 heavy (non-hydrogen) atoms. The molecule has 1 aliphatic carbocycles. The topological polar surface area (TPSA) is 23.5 Å². The average molecular weight is 169 g/mol. The molecule has 0 aromatic rings. The van der Waals surface area contributed by atoms with E-state index in [1.165, 1.54) is 25.8 Å². The smallest absolute Gasteiger partial charge is 0.0620 e. The van der Waals surface area contributed by atoms with E-state index in [2.05, 4.69) is 11.8 Å². The Balaban J connectivity index is 1.93. The lowest BCUT2D eigenvalue weighted by Gasteiger charge is -2.35. The van der Waals surface area contributed by atoms with Gasteiger partial charge in [-0.3, -0.25) is 0 Å². The molecule has 0 spiro atoms. The number of aliphatic hydroxyl groups is 1. The van der Waals surface area contributed by atoms with Gasteiger partial charge in [0.25, 0.3) is 0 Å². The number of hydrogen-bond acceptors (Lipinski definition) is 2. The largest absolute Gasteiger partial charge is 0.392 e. The number of nitrogens with zero attached hydrogens (tertiary/aromatic N) is 1. The van der Waals surface area contributed by atoms with Crippen LogP contribution < -0.4 is 0 Å². The van der Waals surface area contributed by atoms with Gasteiger partial charge in [-0.2, -0.15) is 0 Å². The van der Waals surface area contributed by atoms with Gasteiger partial charge in [0.2, 0.25) is 0 Å². The lowest BCUT2D eigenvalue weighted by Crippen LogP contribution is -2.44. The quantitative estimate of drug-likeness (QED) is 0.669. The Bertz CT molecular complexity index is 146. The van der Waals surface area contributed by atoms with Gasteiger partial charge < -0.3 is 10.0 Å². The standard InChI is InChI=1S/C10H19NO/c1-2-5-11-6-8-3-4-9(7-11)10(8)12/h8-10,12H,2-7H2,1H3/t8-,9-/m1/s1. The number of aliphatic hydroxyl groups excluding tert-OH is 1. The maximum Gasteiger partial charge on any atom is 0.0620 e. The van der Waals surface area contributed by atoms with E-state index in [1.54, 1.807) is 0 Å². The third kappa shape index (κ3) is 1.38. The highest BCUT2D eigenvalue weighted by Gasteiger charge is 2.40. The Hall–Kier alpha value is -0.0800. The highest BCUT2D eigenvalue weighted by Crippen LogP contribution is 2.36. The first-order valence-electron chi connectivity index (χ1n) is 5.21. The van der Waals surface area contributed by atoms with Crippen molar-refractivity contribution in [2.24, 2.45) is 11.8 Å². The lowest BCUT2D eigenvalue weighted by molar-refractivity contribution is 0.0170. The highest BCUT2D eigenvalue weighted by molar-refractivity contribution is 4.92. The van der Waals surface area contributed by atoms with E-state index in [1.807, 2.05) is 0 Å². The van der Waals surface area contributed by atoms with Crippen LogP contribution in [0.3, 0.4) is 0 Å². The van der Waals surface area contributed by atoms with Crippen LogP contribution in [0.1, 0.15) is 26.2 Å². The summed E-state index contributed by atoms with van der Waals surface area (Å²) in [5.74, 6) is 1.19. The molecule has 2 fully saturated rings. The molecule has 2 aliphatic rings. The van der Waals surface area contributed by atoms with Crippen molar-refractivity contribution in [2.45, 2.75) is 32.3 Å². The fourth-order valence-corrected chi connectivity index (χ4v) is 2.79. The molecule has 2 nitrogen and oxygen atoms in total. The van der Waals surface area contributed by atoms with Crippen molar-refractivity contribution in [1.29, 1.82) is 0 Å². The number of fused-ring (bicyclic) bond motifs is 2. The zero-order valence-corrected chi connectivity index (χ0v) is 7.87. The SMILES string of the molecule is CCCN1C[C@H]2CC[C@H](C1)C2O. The molecule has 1 aliphatic heterocycles. The Kier molecular flexibility index (Phi) is 2.37. The van der Waals surface area contributed by atoms with Crippen LogP contribution in [0.15, 0.2) is 0 Å². The minimum atomic E-state index is 0.0260. The Morgan fingerprint density at radius 2 is 1.83 bits per heavy atom. The molecule has 1 heterocycles. The van der Waals surface area contributed by atoms with Crippen LogP contribution in [0.2, 0.25) is 0 Å². The summed E-state index contributed by atoms with van der Waals surface area (Å²) in [5, 5.41) is 9.77. The van der Waals surface area contributed by atoms with Crippen LogP contribution in [0, 0.1) is 11.8 Å². The number of hydrogen-bond donors (Lipinski definition) is 1. The number of likely N-dealkylation sites (tertiary alicyclic amines) is 1. The minimum absolute atomic E-state index is 0.0260. The van der Waals surface area contributed by atoms with E-state index in [-0.39, 0.29) is 6.10 Å². The fourth-order valence-electron chi connectivity index (χ4n) is 2.79. The second-order valence-corrected chi connectivity index (χ2v) is 4.35. The first-order chi connectivity index (χ1) is 5.81. The molecule has 2 atom stereocenters. The van der Waals surface area contributed by atoms with Crippen LogP contribution in [0.25, 0.3) is 0 Å². The summed E-state index contributed by atoms with van der Waals surface area (Å²) >= 11 is 0. The van der Waals surface area contributed by atoms with E-state index in [4.69, 9.17) is 0 Å². The third-order valence-electron chi connectivity index (χ3n) is 3.40. The molecule has 0 radical (unpaired) electrons. The van der Waals surface area contributed by atoms with Gasteiger partial charge in [-0.1, -0.05) is 6.92 Å². The van der Waals surface area contributed by atoms with Crippen molar-refractivity contribution in [3.63, 3.8) is 0 Å². The summed E-state index contributed by atoms with van der Waals surface area (Å²) in [5.41, 5.74) is 0. The third-order valence-corrected chi connectivity index (χ3v) is 3.40. The van der Waals surface area contributed by atoms with E-state index < -0.39 is 0 Å². The second-order valence-electron chi connectivity index (χ2n) is 4.35. The molecule has 1 saturated carbocycles. The predicted octanol–water partition coefficient (Wildman–Crippen LogP) is 1.10. The minimum Gasteiger partial charge on any atom is -0.392 e.